The largest absolute Gasteiger partial charge is 0.497 e. The lowest BCUT2D eigenvalue weighted by Gasteiger charge is -2.13. The lowest BCUT2D eigenvalue weighted by atomic mass is 10.0. The van der Waals surface area contributed by atoms with Crippen LogP contribution in [0.15, 0.2) is 42.5 Å². The van der Waals surface area contributed by atoms with E-state index >= 15 is 0 Å². The Morgan fingerprint density at radius 2 is 1.62 bits per heavy atom. The fourth-order valence-electron chi connectivity index (χ4n) is 2.60. The van der Waals surface area contributed by atoms with Crippen molar-refractivity contribution in [2.75, 3.05) is 27.9 Å². The molecule has 0 fully saturated rings. The summed E-state index contributed by atoms with van der Waals surface area (Å²) in [5.74, 6) is 2.06. The molecule has 1 aliphatic rings. The molecule has 5 heteroatoms. The van der Waals surface area contributed by atoms with Crippen LogP contribution in [-0.2, 0) is 0 Å². The molecule has 0 N–H and O–H groups in total. The van der Waals surface area contributed by atoms with Gasteiger partial charge in [0.05, 0.1) is 21.3 Å². The maximum absolute atomic E-state index is 12.7. The number of allylic oxidation sites excluding steroid dienone is 1. The quantitative estimate of drug-likeness (QED) is 0.862. The topological polar surface area (TPSA) is 54.0 Å². The van der Waals surface area contributed by atoms with Crippen LogP contribution in [0.5, 0.6) is 23.0 Å². The normalized spacial score (nSPS) is 13.3. The van der Waals surface area contributed by atoms with E-state index in [1.54, 1.807) is 32.4 Å². The number of carbonyl (C=O) groups is 1. The summed E-state index contributed by atoms with van der Waals surface area (Å²) < 4.78 is 21.6. The highest BCUT2D eigenvalue weighted by molar-refractivity contribution is 6.12. The Morgan fingerprint density at radius 3 is 2.25 bits per heavy atom. The van der Waals surface area contributed by atoms with E-state index in [9.17, 15) is 4.79 Å². The van der Waals surface area contributed by atoms with Crippen molar-refractivity contribution in [1.29, 1.82) is 0 Å². The first-order chi connectivity index (χ1) is 11.7. The van der Waals surface area contributed by atoms with Gasteiger partial charge >= 0.3 is 0 Å². The van der Waals surface area contributed by atoms with Gasteiger partial charge in [0.2, 0.25) is 0 Å². The summed E-state index contributed by atoms with van der Waals surface area (Å²) in [6.45, 7) is 0.279. The van der Waals surface area contributed by atoms with Crippen LogP contribution in [0, 0.1) is 0 Å². The summed E-state index contributed by atoms with van der Waals surface area (Å²) in [6.07, 6.45) is 1.59. The van der Waals surface area contributed by atoms with Crippen LogP contribution in [0.25, 0.3) is 5.57 Å². The van der Waals surface area contributed by atoms with Crippen LogP contribution in [0.4, 0.5) is 0 Å². The highest BCUT2D eigenvalue weighted by Crippen LogP contribution is 2.37. The lowest BCUT2D eigenvalue weighted by Crippen LogP contribution is -2.02. The second kappa shape index (κ2) is 6.66. The van der Waals surface area contributed by atoms with Crippen LogP contribution in [0.2, 0.25) is 0 Å². The van der Waals surface area contributed by atoms with Gasteiger partial charge in [-0.15, -0.1) is 0 Å². The zero-order valence-corrected chi connectivity index (χ0v) is 13.8. The van der Waals surface area contributed by atoms with Gasteiger partial charge in [-0.2, -0.15) is 0 Å². The van der Waals surface area contributed by atoms with Gasteiger partial charge in [-0.1, -0.05) is 12.1 Å². The zero-order valence-electron chi connectivity index (χ0n) is 13.8. The first kappa shape index (κ1) is 15.9. The number of ketones is 1. The standard InChI is InChI=1S/C19H18O5/c1-21-14-6-4-12(5-7-14)13-8-16(20)19-17(23-3)9-15(22-2)10-18(19)24-11-13/h4-10H,11H2,1-3H3. The first-order valence-corrected chi connectivity index (χ1v) is 7.44. The summed E-state index contributed by atoms with van der Waals surface area (Å²) >= 11 is 0. The highest BCUT2D eigenvalue weighted by Gasteiger charge is 2.23. The monoisotopic (exact) mass is 326 g/mol. The Labute approximate surface area is 140 Å². The van der Waals surface area contributed by atoms with E-state index in [1.165, 1.54) is 7.11 Å². The zero-order chi connectivity index (χ0) is 17.1. The van der Waals surface area contributed by atoms with Crippen molar-refractivity contribution in [1.82, 2.24) is 0 Å². The number of benzene rings is 2. The predicted octanol–water partition coefficient (Wildman–Crippen LogP) is 3.37. The molecule has 0 spiro atoms. The Kier molecular flexibility index (Phi) is 4.42. The first-order valence-electron chi connectivity index (χ1n) is 7.44. The fourth-order valence-corrected chi connectivity index (χ4v) is 2.60. The van der Waals surface area contributed by atoms with Gasteiger partial charge in [-0.3, -0.25) is 4.79 Å². The van der Waals surface area contributed by atoms with E-state index < -0.39 is 0 Å². The molecule has 0 amide bonds. The molecule has 0 bridgehead atoms. The van der Waals surface area contributed by atoms with Gasteiger partial charge in [-0.05, 0) is 23.8 Å². The summed E-state index contributed by atoms with van der Waals surface area (Å²) in [4.78, 5) is 12.7. The molecule has 0 aromatic heterocycles. The summed E-state index contributed by atoms with van der Waals surface area (Å²) in [7, 11) is 4.69. The fraction of sp³-hybridized carbons (Fsp3) is 0.211. The van der Waals surface area contributed by atoms with E-state index in [4.69, 9.17) is 18.9 Å². The van der Waals surface area contributed by atoms with Crippen molar-refractivity contribution in [2.45, 2.75) is 0 Å². The SMILES string of the molecule is COc1ccc(C2=CC(=O)c3c(OC)cc(OC)cc3OC2)cc1. The predicted molar refractivity (Wildman–Crippen MR) is 90.3 cm³/mol. The molecule has 0 unspecified atom stereocenters. The van der Waals surface area contributed by atoms with E-state index in [-0.39, 0.29) is 12.4 Å². The third-order valence-corrected chi connectivity index (χ3v) is 3.89. The van der Waals surface area contributed by atoms with Crippen LogP contribution < -0.4 is 18.9 Å². The molecule has 0 saturated heterocycles. The summed E-state index contributed by atoms with van der Waals surface area (Å²) in [5, 5.41) is 0. The Balaban J connectivity index is 2.00. The van der Waals surface area contributed by atoms with Gasteiger partial charge in [0.15, 0.2) is 5.78 Å². The Morgan fingerprint density at radius 1 is 0.917 bits per heavy atom. The van der Waals surface area contributed by atoms with E-state index in [0.29, 0.717) is 22.8 Å². The molecule has 1 aliphatic heterocycles. The van der Waals surface area contributed by atoms with Crippen LogP contribution in [0.3, 0.4) is 0 Å². The van der Waals surface area contributed by atoms with Crippen LogP contribution >= 0.6 is 0 Å². The molecule has 0 saturated carbocycles. The molecule has 124 valence electrons. The van der Waals surface area contributed by atoms with Gasteiger partial charge in [0, 0.05) is 17.7 Å². The molecule has 0 aliphatic carbocycles. The second-order valence-corrected chi connectivity index (χ2v) is 5.25. The number of methoxy groups -OCH3 is 3. The van der Waals surface area contributed by atoms with Gasteiger partial charge < -0.3 is 18.9 Å². The van der Waals surface area contributed by atoms with E-state index in [1.807, 2.05) is 24.3 Å². The minimum Gasteiger partial charge on any atom is -0.497 e. The smallest absolute Gasteiger partial charge is 0.193 e. The molecule has 0 atom stereocenters. The Bertz CT molecular complexity index is 790. The molecule has 0 radical (unpaired) electrons. The van der Waals surface area contributed by atoms with Crippen LogP contribution in [-0.4, -0.2) is 33.7 Å². The molecule has 5 nitrogen and oxygen atoms in total. The van der Waals surface area contributed by atoms with Crippen molar-refractivity contribution in [3.05, 3.63) is 53.6 Å². The van der Waals surface area contributed by atoms with E-state index in [2.05, 4.69) is 0 Å². The van der Waals surface area contributed by atoms with Crippen molar-refractivity contribution in [2.24, 2.45) is 0 Å². The molecule has 1 heterocycles. The summed E-state index contributed by atoms with van der Waals surface area (Å²) in [6, 6.07) is 10.9. The molecule has 3 rings (SSSR count). The third-order valence-electron chi connectivity index (χ3n) is 3.89. The van der Waals surface area contributed by atoms with Crippen LogP contribution in [0.1, 0.15) is 15.9 Å². The van der Waals surface area contributed by atoms with Crippen molar-refractivity contribution in [3.8, 4) is 23.0 Å². The molecular weight excluding hydrogens is 308 g/mol. The number of hydrogen-bond acceptors (Lipinski definition) is 5. The molecule has 24 heavy (non-hydrogen) atoms. The highest BCUT2D eigenvalue weighted by atomic mass is 16.5. The minimum absolute atomic E-state index is 0.159. The number of carbonyl (C=O) groups excluding carboxylic acids is 1. The summed E-state index contributed by atoms with van der Waals surface area (Å²) in [5.41, 5.74) is 2.10. The lowest BCUT2D eigenvalue weighted by molar-refractivity contribution is 0.104. The molecular formula is C19H18O5. The van der Waals surface area contributed by atoms with Gasteiger partial charge in [0.1, 0.15) is 35.2 Å². The average Bonchev–Trinajstić information content (AvgIpc) is 2.80. The number of rotatable bonds is 4. The van der Waals surface area contributed by atoms with Crippen molar-refractivity contribution < 1.29 is 23.7 Å². The minimum atomic E-state index is -0.159. The van der Waals surface area contributed by atoms with E-state index in [0.717, 1.165) is 16.9 Å². The molecule has 2 aromatic carbocycles. The third kappa shape index (κ3) is 2.93. The van der Waals surface area contributed by atoms with Gasteiger partial charge in [-0.25, -0.2) is 0 Å². The average molecular weight is 326 g/mol. The number of ether oxygens (including phenoxy) is 4. The van der Waals surface area contributed by atoms with Crippen molar-refractivity contribution in [3.63, 3.8) is 0 Å². The maximum Gasteiger partial charge on any atom is 0.193 e. The maximum atomic E-state index is 12.7. The number of hydrogen-bond donors (Lipinski definition) is 0. The van der Waals surface area contributed by atoms with Gasteiger partial charge in [0.25, 0.3) is 0 Å². The Hall–Kier alpha value is -2.95. The second-order valence-electron chi connectivity index (χ2n) is 5.25. The molecule has 2 aromatic rings. The number of fused-ring (bicyclic) bond motifs is 1. The van der Waals surface area contributed by atoms with Crippen molar-refractivity contribution >= 4 is 11.4 Å².